The van der Waals surface area contributed by atoms with Crippen LogP contribution < -0.4 is 5.43 Å². The molecule has 3 heteroatoms. The minimum atomic E-state index is 0.0477. The molecule has 1 N–H and O–H groups in total. The van der Waals surface area contributed by atoms with Gasteiger partial charge < -0.3 is 5.43 Å². The van der Waals surface area contributed by atoms with Gasteiger partial charge in [-0.3, -0.25) is 0 Å². The summed E-state index contributed by atoms with van der Waals surface area (Å²) >= 11 is 5.89. The van der Waals surface area contributed by atoms with Crippen molar-refractivity contribution in [3.63, 3.8) is 0 Å². The van der Waals surface area contributed by atoms with E-state index >= 15 is 0 Å². The molecule has 2 nitrogen and oxygen atoms in total. The van der Waals surface area contributed by atoms with Gasteiger partial charge in [0.2, 0.25) is 0 Å². The van der Waals surface area contributed by atoms with Crippen LogP contribution in [0.2, 0.25) is 0 Å². The fourth-order valence-electron chi connectivity index (χ4n) is 0.910. The maximum absolute atomic E-state index is 5.89. The van der Waals surface area contributed by atoms with Crippen LogP contribution in [-0.4, -0.2) is 17.1 Å². The summed E-state index contributed by atoms with van der Waals surface area (Å²) in [4.78, 5) is 0. The molecule has 1 rings (SSSR count). The Kier molecular flexibility index (Phi) is 3.03. The van der Waals surface area contributed by atoms with Crippen molar-refractivity contribution in [1.29, 1.82) is 0 Å². The topological polar surface area (TPSA) is 15.3 Å². The van der Waals surface area contributed by atoms with Crippen molar-refractivity contribution in [2.45, 2.75) is 25.3 Å². The second-order valence-electron chi connectivity index (χ2n) is 2.41. The predicted molar refractivity (Wildman–Crippen MR) is 43.5 cm³/mol. The number of halogens is 1. The van der Waals surface area contributed by atoms with Gasteiger partial charge in [-0.15, -0.1) is 0 Å². The third kappa shape index (κ3) is 1.89. The van der Waals surface area contributed by atoms with Gasteiger partial charge in [-0.25, -0.2) is 5.01 Å². The number of unbranched alkanes of at least 4 members (excludes halogenated alkanes) is 1. The van der Waals surface area contributed by atoms with E-state index in [0.29, 0.717) is 0 Å². The van der Waals surface area contributed by atoms with E-state index in [-0.39, 0.29) is 5.50 Å². The molecule has 0 bridgehead atoms. The number of hydrazine groups is 1. The Labute approximate surface area is 66.8 Å². The highest BCUT2D eigenvalue weighted by Crippen LogP contribution is 2.09. The Balaban J connectivity index is 2.17. The maximum Gasteiger partial charge on any atom is 0.123 e. The molecule has 0 amide bonds. The van der Waals surface area contributed by atoms with Crippen LogP contribution in [-0.2, 0) is 0 Å². The summed E-state index contributed by atoms with van der Waals surface area (Å²) < 4.78 is 0. The van der Waals surface area contributed by atoms with E-state index in [1.807, 2.05) is 17.3 Å². The van der Waals surface area contributed by atoms with Gasteiger partial charge in [0, 0.05) is 12.7 Å². The van der Waals surface area contributed by atoms with E-state index in [1.54, 1.807) is 0 Å². The highest BCUT2D eigenvalue weighted by atomic mass is 35.5. The molecule has 0 aromatic heterocycles. The second kappa shape index (κ2) is 3.84. The molecule has 0 spiro atoms. The standard InChI is InChI=1S/C7H13ClN2/c1-2-3-6-10-7(8)4-5-9-10/h4-5,7,9H,2-3,6H2,1H3. The third-order valence-corrected chi connectivity index (χ3v) is 1.93. The molecular weight excluding hydrogens is 148 g/mol. The van der Waals surface area contributed by atoms with Gasteiger partial charge >= 0.3 is 0 Å². The molecule has 0 radical (unpaired) electrons. The smallest absolute Gasteiger partial charge is 0.123 e. The fraction of sp³-hybridized carbons (Fsp3) is 0.714. The molecule has 1 atom stereocenters. The summed E-state index contributed by atoms with van der Waals surface area (Å²) in [6, 6.07) is 0. The average molecular weight is 161 g/mol. The van der Waals surface area contributed by atoms with E-state index in [9.17, 15) is 0 Å². The molecule has 0 saturated heterocycles. The van der Waals surface area contributed by atoms with E-state index < -0.39 is 0 Å². The predicted octanol–water partition coefficient (Wildman–Crippen LogP) is 1.69. The van der Waals surface area contributed by atoms with Gasteiger partial charge in [0.25, 0.3) is 0 Å². The van der Waals surface area contributed by atoms with Gasteiger partial charge in [0.15, 0.2) is 0 Å². The zero-order valence-corrected chi connectivity index (χ0v) is 6.93. The van der Waals surface area contributed by atoms with Crippen molar-refractivity contribution in [1.82, 2.24) is 10.4 Å². The van der Waals surface area contributed by atoms with Gasteiger partial charge in [-0.05, 0) is 12.5 Å². The average Bonchev–Trinajstić information content (AvgIpc) is 2.31. The van der Waals surface area contributed by atoms with Crippen LogP contribution in [0.5, 0.6) is 0 Å². The van der Waals surface area contributed by atoms with Crippen LogP contribution in [0.15, 0.2) is 12.3 Å². The van der Waals surface area contributed by atoms with Crippen LogP contribution in [0.1, 0.15) is 19.8 Å². The number of rotatable bonds is 3. The molecule has 1 unspecified atom stereocenters. The highest BCUT2D eigenvalue weighted by Gasteiger charge is 2.14. The Morgan fingerprint density at radius 2 is 2.50 bits per heavy atom. The van der Waals surface area contributed by atoms with Gasteiger partial charge in [-0.1, -0.05) is 24.9 Å². The summed E-state index contributed by atoms with van der Waals surface area (Å²) in [7, 11) is 0. The quantitative estimate of drug-likeness (QED) is 0.499. The molecule has 0 fully saturated rings. The Hall–Kier alpha value is -0.210. The maximum atomic E-state index is 5.89. The SMILES string of the molecule is CCCCN1NC=CC1Cl. The van der Waals surface area contributed by atoms with E-state index in [2.05, 4.69) is 12.3 Å². The number of nitrogens with one attached hydrogen (secondary N) is 1. The molecular formula is C7H13ClN2. The van der Waals surface area contributed by atoms with Gasteiger partial charge in [0.05, 0.1) is 0 Å². The lowest BCUT2D eigenvalue weighted by Gasteiger charge is -2.18. The highest BCUT2D eigenvalue weighted by molar-refractivity contribution is 6.21. The monoisotopic (exact) mass is 160 g/mol. The van der Waals surface area contributed by atoms with Gasteiger partial charge in [-0.2, -0.15) is 0 Å². The lowest BCUT2D eigenvalue weighted by molar-refractivity contribution is 0.241. The van der Waals surface area contributed by atoms with Crippen molar-refractivity contribution >= 4 is 11.6 Å². The zero-order valence-electron chi connectivity index (χ0n) is 6.18. The molecule has 58 valence electrons. The van der Waals surface area contributed by atoms with Crippen molar-refractivity contribution in [3.05, 3.63) is 12.3 Å². The Bertz CT molecular complexity index is 125. The first-order chi connectivity index (χ1) is 4.84. The number of alkyl halides is 1. The zero-order chi connectivity index (χ0) is 7.40. The summed E-state index contributed by atoms with van der Waals surface area (Å²) in [5.74, 6) is 0. The van der Waals surface area contributed by atoms with Crippen molar-refractivity contribution in [2.75, 3.05) is 6.54 Å². The summed E-state index contributed by atoms with van der Waals surface area (Å²) in [5, 5.41) is 2.02. The van der Waals surface area contributed by atoms with Crippen LogP contribution in [0, 0.1) is 0 Å². The second-order valence-corrected chi connectivity index (χ2v) is 2.85. The number of nitrogens with zero attached hydrogens (tertiary/aromatic N) is 1. The van der Waals surface area contributed by atoms with Crippen LogP contribution in [0.4, 0.5) is 0 Å². The van der Waals surface area contributed by atoms with E-state index in [1.165, 1.54) is 12.8 Å². The molecule has 10 heavy (non-hydrogen) atoms. The van der Waals surface area contributed by atoms with Crippen LogP contribution in [0.25, 0.3) is 0 Å². The molecule has 0 aromatic rings. The molecule has 1 aliphatic rings. The van der Waals surface area contributed by atoms with Crippen molar-refractivity contribution in [3.8, 4) is 0 Å². The Morgan fingerprint density at radius 3 is 3.00 bits per heavy atom. The van der Waals surface area contributed by atoms with Crippen LogP contribution in [0.3, 0.4) is 0 Å². The number of hydrogen-bond acceptors (Lipinski definition) is 2. The summed E-state index contributed by atoms with van der Waals surface area (Å²) in [5.41, 5.74) is 3.11. The molecule has 1 heterocycles. The number of hydrogen-bond donors (Lipinski definition) is 1. The van der Waals surface area contributed by atoms with Crippen LogP contribution >= 0.6 is 11.6 Å². The fourth-order valence-corrected chi connectivity index (χ4v) is 1.14. The lowest BCUT2D eigenvalue weighted by Crippen LogP contribution is -2.35. The molecule has 1 aliphatic heterocycles. The van der Waals surface area contributed by atoms with E-state index in [4.69, 9.17) is 11.6 Å². The first kappa shape index (κ1) is 7.89. The Morgan fingerprint density at radius 1 is 1.70 bits per heavy atom. The van der Waals surface area contributed by atoms with Gasteiger partial charge in [0.1, 0.15) is 5.50 Å². The van der Waals surface area contributed by atoms with Crippen molar-refractivity contribution in [2.24, 2.45) is 0 Å². The minimum absolute atomic E-state index is 0.0477. The molecule has 0 saturated carbocycles. The van der Waals surface area contributed by atoms with Crippen molar-refractivity contribution < 1.29 is 0 Å². The lowest BCUT2D eigenvalue weighted by atomic mass is 10.3. The molecule has 0 aromatic carbocycles. The van der Waals surface area contributed by atoms with E-state index in [0.717, 1.165) is 6.54 Å². The molecule has 0 aliphatic carbocycles. The normalized spacial score (nSPS) is 25.2. The summed E-state index contributed by atoms with van der Waals surface area (Å²) in [6.07, 6.45) is 6.23. The first-order valence-corrected chi connectivity index (χ1v) is 4.12. The summed E-state index contributed by atoms with van der Waals surface area (Å²) in [6.45, 7) is 3.20. The third-order valence-electron chi connectivity index (χ3n) is 1.55. The largest absolute Gasteiger partial charge is 0.325 e. The minimum Gasteiger partial charge on any atom is -0.325 e. The first-order valence-electron chi connectivity index (χ1n) is 3.68.